The van der Waals surface area contributed by atoms with Crippen molar-refractivity contribution in [2.45, 2.75) is 43.7 Å². The topological polar surface area (TPSA) is 56.7 Å². The number of amides is 1. The van der Waals surface area contributed by atoms with Gasteiger partial charge in [-0.15, -0.1) is 0 Å². The molecule has 1 fully saturated rings. The Morgan fingerprint density at radius 3 is 2.68 bits per heavy atom. The van der Waals surface area contributed by atoms with E-state index in [4.69, 9.17) is 0 Å². The number of hydrogen-bond acceptors (Lipinski definition) is 4. The van der Waals surface area contributed by atoms with Crippen molar-refractivity contribution >= 4 is 5.91 Å². The molecule has 0 bridgehead atoms. The molecule has 2 atom stereocenters. The number of benzene rings is 1. The van der Waals surface area contributed by atoms with E-state index in [9.17, 15) is 9.90 Å². The van der Waals surface area contributed by atoms with Crippen LogP contribution in [0.1, 0.15) is 36.8 Å². The van der Waals surface area contributed by atoms with Crippen LogP contribution in [0, 0.1) is 0 Å². The second kappa shape index (κ2) is 9.30. The lowest BCUT2D eigenvalue weighted by Gasteiger charge is -2.47. The zero-order valence-electron chi connectivity index (χ0n) is 16.9. The van der Waals surface area contributed by atoms with Crippen LogP contribution in [0.25, 0.3) is 0 Å². The van der Waals surface area contributed by atoms with Crippen molar-refractivity contribution in [1.82, 2.24) is 14.8 Å². The maximum Gasteiger partial charge on any atom is 0.222 e. The standard InChI is InChI=1S/C23H31N3O2/c1-25(2)21-18-26(16-14-23(21,28)20-11-4-3-5-12-20)22(27)13-7-6-9-19-10-8-15-24-17-19/h3-5,8,10-12,15,17,21,28H,6-7,9,13-14,16,18H2,1-2H3/t21-,23+/m1/s1. The number of rotatable bonds is 7. The third kappa shape index (κ3) is 4.78. The molecule has 1 N–H and O–H groups in total. The molecule has 0 spiro atoms. The van der Waals surface area contributed by atoms with Gasteiger partial charge in [0.1, 0.15) is 5.60 Å². The van der Waals surface area contributed by atoms with Gasteiger partial charge in [0.15, 0.2) is 0 Å². The summed E-state index contributed by atoms with van der Waals surface area (Å²) in [5.41, 5.74) is 1.22. The van der Waals surface area contributed by atoms with Crippen molar-refractivity contribution in [3.8, 4) is 0 Å². The number of piperidine rings is 1. The van der Waals surface area contributed by atoms with Gasteiger partial charge in [-0.25, -0.2) is 0 Å². The first-order valence-electron chi connectivity index (χ1n) is 10.1. The number of likely N-dealkylation sites (tertiary alicyclic amines) is 1. The van der Waals surface area contributed by atoms with Crippen LogP contribution in [0.4, 0.5) is 0 Å². The van der Waals surface area contributed by atoms with Gasteiger partial charge < -0.3 is 14.9 Å². The molecule has 2 aromatic rings. The summed E-state index contributed by atoms with van der Waals surface area (Å²) in [5.74, 6) is 0.188. The average molecular weight is 382 g/mol. The van der Waals surface area contributed by atoms with Crippen molar-refractivity contribution < 1.29 is 9.90 Å². The minimum Gasteiger partial charge on any atom is -0.383 e. The summed E-state index contributed by atoms with van der Waals surface area (Å²) in [6.45, 7) is 1.15. The Bertz CT molecular complexity index is 751. The molecule has 0 radical (unpaired) electrons. The number of pyridine rings is 1. The van der Waals surface area contributed by atoms with E-state index in [0.29, 0.717) is 25.9 Å². The first-order valence-corrected chi connectivity index (χ1v) is 10.1. The molecule has 1 aliphatic rings. The molecule has 5 nitrogen and oxygen atoms in total. The largest absolute Gasteiger partial charge is 0.383 e. The Hall–Kier alpha value is -2.24. The number of nitrogens with zero attached hydrogens (tertiary/aromatic N) is 3. The van der Waals surface area contributed by atoms with Crippen LogP contribution < -0.4 is 0 Å². The van der Waals surface area contributed by atoms with Gasteiger partial charge in [0, 0.05) is 31.9 Å². The Balaban J connectivity index is 1.55. The first kappa shape index (κ1) is 20.5. The number of likely N-dealkylation sites (N-methyl/N-ethyl adjacent to an activating group) is 1. The van der Waals surface area contributed by atoms with Gasteiger partial charge in [-0.3, -0.25) is 9.78 Å². The van der Waals surface area contributed by atoms with E-state index in [1.54, 1.807) is 6.20 Å². The highest BCUT2D eigenvalue weighted by Gasteiger charge is 2.44. The third-order valence-electron chi connectivity index (χ3n) is 5.79. The zero-order chi connectivity index (χ0) is 20.0. The van der Waals surface area contributed by atoms with Gasteiger partial charge >= 0.3 is 0 Å². The van der Waals surface area contributed by atoms with Crippen LogP contribution in [-0.2, 0) is 16.8 Å². The molecule has 3 rings (SSSR count). The van der Waals surface area contributed by atoms with Crippen molar-refractivity contribution in [2.75, 3.05) is 27.2 Å². The minimum atomic E-state index is -0.929. The van der Waals surface area contributed by atoms with Gasteiger partial charge in [-0.05, 0) is 57.0 Å². The number of carbonyl (C=O) groups is 1. The van der Waals surface area contributed by atoms with Crippen molar-refractivity contribution in [2.24, 2.45) is 0 Å². The van der Waals surface area contributed by atoms with Gasteiger partial charge in [-0.2, -0.15) is 0 Å². The van der Waals surface area contributed by atoms with E-state index in [2.05, 4.69) is 11.1 Å². The van der Waals surface area contributed by atoms with E-state index in [1.807, 2.05) is 66.5 Å². The molecule has 5 heteroatoms. The summed E-state index contributed by atoms with van der Waals surface area (Å²) in [6, 6.07) is 13.7. The fourth-order valence-corrected chi connectivity index (χ4v) is 4.11. The SMILES string of the molecule is CN(C)[C@@H]1CN(C(=O)CCCCc2cccnc2)CC[C@]1(O)c1ccccc1. The predicted octanol–water partition coefficient (Wildman–Crippen LogP) is 2.84. The highest BCUT2D eigenvalue weighted by Crippen LogP contribution is 2.35. The number of carbonyl (C=O) groups excluding carboxylic acids is 1. The molecule has 28 heavy (non-hydrogen) atoms. The summed E-state index contributed by atoms with van der Waals surface area (Å²) in [7, 11) is 3.95. The zero-order valence-corrected chi connectivity index (χ0v) is 16.9. The molecule has 1 aliphatic heterocycles. The highest BCUT2D eigenvalue weighted by atomic mass is 16.3. The number of aliphatic hydroxyl groups is 1. The molecule has 150 valence electrons. The number of hydrogen-bond donors (Lipinski definition) is 1. The highest BCUT2D eigenvalue weighted by molar-refractivity contribution is 5.76. The van der Waals surface area contributed by atoms with E-state index in [0.717, 1.165) is 24.8 Å². The predicted molar refractivity (Wildman–Crippen MR) is 111 cm³/mol. The Labute approximate surface area is 168 Å². The number of unbranched alkanes of at least 4 members (excludes halogenated alkanes) is 1. The Morgan fingerprint density at radius 1 is 1.21 bits per heavy atom. The van der Waals surface area contributed by atoms with Crippen LogP contribution in [0.2, 0.25) is 0 Å². The summed E-state index contributed by atoms with van der Waals surface area (Å²) in [4.78, 5) is 20.8. The van der Waals surface area contributed by atoms with Gasteiger partial charge in [-0.1, -0.05) is 36.4 Å². The van der Waals surface area contributed by atoms with Crippen LogP contribution in [0.3, 0.4) is 0 Å². The van der Waals surface area contributed by atoms with Gasteiger partial charge in [0.25, 0.3) is 0 Å². The molecule has 2 heterocycles. The van der Waals surface area contributed by atoms with Crippen LogP contribution >= 0.6 is 0 Å². The second-order valence-corrected chi connectivity index (χ2v) is 7.93. The molecule has 1 saturated heterocycles. The summed E-state index contributed by atoms with van der Waals surface area (Å²) in [5, 5.41) is 11.4. The lowest BCUT2D eigenvalue weighted by atomic mass is 9.79. The molecule has 1 amide bonds. The molecular formula is C23H31N3O2. The van der Waals surface area contributed by atoms with Crippen LogP contribution in [0.15, 0.2) is 54.9 Å². The fraction of sp³-hybridized carbons (Fsp3) is 0.478. The van der Waals surface area contributed by atoms with Crippen LogP contribution in [0.5, 0.6) is 0 Å². The molecule has 1 aromatic heterocycles. The molecule has 1 aromatic carbocycles. The van der Waals surface area contributed by atoms with Crippen molar-refractivity contribution in [3.05, 3.63) is 66.0 Å². The third-order valence-corrected chi connectivity index (χ3v) is 5.79. The van der Waals surface area contributed by atoms with E-state index in [-0.39, 0.29) is 11.9 Å². The monoisotopic (exact) mass is 381 g/mol. The fourth-order valence-electron chi connectivity index (χ4n) is 4.11. The van der Waals surface area contributed by atoms with Gasteiger partial charge in [0.05, 0.1) is 6.04 Å². The second-order valence-electron chi connectivity index (χ2n) is 7.93. The Kier molecular flexibility index (Phi) is 6.81. The molecule has 0 saturated carbocycles. The maximum absolute atomic E-state index is 12.7. The lowest BCUT2D eigenvalue weighted by molar-refractivity contribution is -0.142. The van der Waals surface area contributed by atoms with Crippen molar-refractivity contribution in [1.29, 1.82) is 0 Å². The summed E-state index contributed by atoms with van der Waals surface area (Å²) >= 11 is 0. The molecular weight excluding hydrogens is 350 g/mol. The van der Waals surface area contributed by atoms with E-state index in [1.165, 1.54) is 5.56 Å². The van der Waals surface area contributed by atoms with Crippen molar-refractivity contribution in [3.63, 3.8) is 0 Å². The summed E-state index contributed by atoms with van der Waals surface area (Å²) in [6.07, 6.45) is 7.59. The van der Waals surface area contributed by atoms with E-state index < -0.39 is 5.60 Å². The molecule has 0 aliphatic carbocycles. The Morgan fingerprint density at radius 2 is 2.00 bits per heavy atom. The number of aryl methyl sites for hydroxylation is 1. The maximum atomic E-state index is 12.7. The summed E-state index contributed by atoms with van der Waals surface area (Å²) < 4.78 is 0. The molecule has 0 unspecified atom stereocenters. The normalized spacial score (nSPS) is 22.4. The quantitative estimate of drug-likeness (QED) is 0.750. The smallest absolute Gasteiger partial charge is 0.222 e. The van der Waals surface area contributed by atoms with E-state index >= 15 is 0 Å². The lowest BCUT2D eigenvalue weighted by Crippen LogP contribution is -2.60. The van der Waals surface area contributed by atoms with Crippen LogP contribution in [-0.4, -0.2) is 59.0 Å². The number of aromatic nitrogens is 1. The minimum absolute atomic E-state index is 0.122. The van der Waals surface area contributed by atoms with Gasteiger partial charge in [0.2, 0.25) is 5.91 Å². The average Bonchev–Trinajstić information content (AvgIpc) is 2.72. The first-order chi connectivity index (χ1) is 13.5.